The molecule has 0 spiro atoms. The van der Waals surface area contributed by atoms with Crippen molar-refractivity contribution in [2.24, 2.45) is 0 Å². The first-order valence-electron chi connectivity index (χ1n) is 7.60. The van der Waals surface area contributed by atoms with E-state index < -0.39 is 5.60 Å². The zero-order valence-electron chi connectivity index (χ0n) is 13.8. The van der Waals surface area contributed by atoms with Gasteiger partial charge in [0.2, 0.25) is 0 Å². The number of pyridine rings is 1. The lowest BCUT2D eigenvalue weighted by Crippen LogP contribution is -2.50. The number of nitrogens with zero attached hydrogens (tertiary/aromatic N) is 3. The largest absolute Gasteiger partial charge is 0.444 e. The van der Waals surface area contributed by atoms with Crippen molar-refractivity contribution >= 4 is 11.8 Å². The van der Waals surface area contributed by atoms with E-state index in [1.165, 1.54) is 0 Å². The van der Waals surface area contributed by atoms with Gasteiger partial charge in [-0.15, -0.1) is 0 Å². The van der Waals surface area contributed by atoms with Crippen molar-refractivity contribution in [1.29, 1.82) is 0 Å². The van der Waals surface area contributed by atoms with Crippen LogP contribution in [0.5, 0.6) is 0 Å². The quantitative estimate of drug-likeness (QED) is 0.904. The maximum absolute atomic E-state index is 12.1. The zero-order valence-corrected chi connectivity index (χ0v) is 13.8. The summed E-state index contributed by atoms with van der Waals surface area (Å²) in [6, 6.07) is 3.82. The molecule has 1 aliphatic rings. The number of anilines is 1. The van der Waals surface area contributed by atoms with Crippen LogP contribution >= 0.6 is 0 Å². The number of ether oxygens (including phenoxy) is 1. The fourth-order valence-electron chi connectivity index (χ4n) is 2.48. The Hall–Kier alpha value is -1.82. The molecule has 22 heavy (non-hydrogen) atoms. The summed E-state index contributed by atoms with van der Waals surface area (Å²) in [6.07, 6.45) is -0.252. The highest BCUT2D eigenvalue weighted by molar-refractivity contribution is 5.68. The average Bonchev–Trinajstić information content (AvgIpc) is 2.45. The molecule has 1 N–H and O–H groups in total. The van der Waals surface area contributed by atoms with Crippen LogP contribution in [-0.2, 0) is 11.3 Å². The number of piperazine rings is 1. The van der Waals surface area contributed by atoms with Gasteiger partial charge in [0.1, 0.15) is 5.60 Å². The summed E-state index contributed by atoms with van der Waals surface area (Å²) in [6.45, 7) is 10.3. The number of hydrogen-bond donors (Lipinski definition) is 1. The fourth-order valence-corrected chi connectivity index (χ4v) is 2.48. The van der Waals surface area contributed by atoms with E-state index in [1.807, 2.05) is 39.8 Å². The average molecular weight is 307 g/mol. The summed E-state index contributed by atoms with van der Waals surface area (Å²) in [7, 11) is 0. The second kappa shape index (κ2) is 6.52. The van der Waals surface area contributed by atoms with Crippen LogP contribution in [-0.4, -0.2) is 52.9 Å². The Labute approximate surface area is 131 Å². The Morgan fingerprint density at radius 3 is 2.41 bits per heavy atom. The van der Waals surface area contributed by atoms with Crippen molar-refractivity contribution in [1.82, 2.24) is 9.88 Å². The second-order valence-corrected chi connectivity index (χ2v) is 6.52. The van der Waals surface area contributed by atoms with Gasteiger partial charge in [-0.25, -0.2) is 4.79 Å². The normalized spacial score (nSPS) is 15.9. The first-order chi connectivity index (χ1) is 10.3. The van der Waals surface area contributed by atoms with E-state index in [0.29, 0.717) is 18.8 Å². The Balaban J connectivity index is 1.96. The molecule has 0 atom stereocenters. The van der Waals surface area contributed by atoms with Gasteiger partial charge in [0.25, 0.3) is 0 Å². The first-order valence-corrected chi connectivity index (χ1v) is 7.60. The monoisotopic (exact) mass is 307 g/mol. The van der Waals surface area contributed by atoms with Crippen LogP contribution in [0.2, 0.25) is 0 Å². The Kier molecular flexibility index (Phi) is 4.90. The summed E-state index contributed by atoms with van der Waals surface area (Å²) >= 11 is 0. The molecule has 1 saturated heterocycles. The second-order valence-electron chi connectivity index (χ2n) is 6.52. The molecule has 0 radical (unpaired) electrons. The number of aliphatic hydroxyl groups excluding tert-OH is 1. The van der Waals surface area contributed by atoms with Gasteiger partial charge >= 0.3 is 6.09 Å². The van der Waals surface area contributed by atoms with Gasteiger partial charge in [-0.2, -0.15) is 0 Å². The number of carbonyl (C=O) groups excluding carboxylic acids is 1. The molecule has 6 nitrogen and oxygen atoms in total. The third kappa shape index (κ3) is 4.10. The van der Waals surface area contributed by atoms with E-state index in [9.17, 15) is 4.79 Å². The molecule has 1 fully saturated rings. The SMILES string of the molecule is Cc1nc(CO)ccc1N1CCN(C(=O)OC(C)(C)C)CC1. The minimum Gasteiger partial charge on any atom is -0.444 e. The lowest BCUT2D eigenvalue weighted by Gasteiger charge is -2.37. The standard InChI is InChI=1S/C16H25N3O3/c1-12-14(6-5-13(11-20)17-12)18-7-9-19(10-8-18)15(21)22-16(2,3)4/h5-6,20H,7-11H2,1-4H3. The van der Waals surface area contributed by atoms with E-state index in [1.54, 1.807) is 4.90 Å². The molecule has 0 bridgehead atoms. The minimum atomic E-state index is -0.463. The Bertz CT molecular complexity index is 532. The number of hydrogen-bond acceptors (Lipinski definition) is 5. The highest BCUT2D eigenvalue weighted by Gasteiger charge is 2.26. The molecule has 0 unspecified atom stereocenters. The number of aryl methyl sites for hydroxylation is 1. The van der Waals surface area contributed by atoms with Gasteiger partial charge in [0.15, 0.2) is 0 Å². The van der Waals surface area contributed by atoms with Crippen LogP contribution in [0.15, 0.2) is 12.1 Å². The molecule has 6 heteroatoms. The van der Waals surface area contributed by atoms with Crippen molar-refractivity contribution in [3.05, 3.63) is 23.5 Å². The highest BCUT2D eigenvalue weighted by atomic mass is 16.6. The van der Waals surface area contributed by atoms with Gasteiger partial charge in [-0.05, 0) is 39.8 Å². The number of carbonyl (C=O) groups is 1. The predicted molar refractivity (Wildman–Crippen MR) is 84.9 cm³/mol. The topological polar surface area (TPSA) is 65.9 Å². The number of amides is 1. The molecule has 1 aromatic rings. The van der Waals surface area contributed by atoms with Crippen molar-refractivity contribution in [2.45, 2.75) is 39.9 Å². The number of rotatable bonds is 2. The van der Waals surface area contributed by atoms with Crippen LogP contribution < -0.4 is 4.90 Å². The van der Waals surface area contributed by atoms with E-state index in [4.69, 9.17) is 9.84 Å². The fraction of sp³-hybridized carbons (Fsp3) is 0.625. The number of aromatic nitrogens is 1. The molecular formula is C16H25N3O3. The third-order valence-corrected chi connectivity index (χ3v) is 3.55. The third-order valence-electron chi connectivity index (χ3n) is 3.55. The van der Waals surface area contributed by atoms with Crippen molar-refractivity contribution < 1.29 is 14.6 Å². The Morgan fingerprint density at radius 1 is 1.27 bits per heavy atom. The lowest BCUT2D eigenvalue weighted by atomic mass is 10.2. The molecule has 122 valence electrons. The van der Waals surface area contributed by atoms with E-state index in [2.05, 4.69) is 9.88 Å². The summed E-state index contributed by atoms with van der Waals surface area (Å²) in [5.41, 5.74) is 2.17. The summed E-state index contributed by atoms with van der Waals surface area (Å²) in [4.78, 5) is 20.4. The maximum atomic E-state index is 12.1. The first kappa shape index (κ1) is 16.5. The Morgan fingerprint density at radius 2 is 1.91 bits per heavy atom. The molecule has 0 aliphatic carbocycles. The molecular weight excluding hydrogens is 282 g/mol. The van der Waals surface area contributed by atoms with Crippen molar-refractivity contribution in [3.8, 4) is 0 Å². The molecule has 0 saturated carbocycles. The molecule has 0 aromatic carbocycles. The van der Waals surface area contributed by atoms with Crippen molar-refractivity contribution in [2.75, 3.05) is 31.1 Å². The van der Waals surface area contributed by atoms with Crippen molar-refractivity contribution in [3.63, 3.8) is 0 Å². The molecule has 1 aromatic heterocycles. The summed E-state index contributed by atoms with van der Waals surface area (Å²) in [5, 5.41) is 9.12. The number of aliphatic hydroxyl groups is 1. The van der Waals surface area contributed by atoms with Gasteiger partial charge in [-0.3, -0.25) is 4.98 Å². The molecule has 1 aliphatic heterocycles. The van der Waals surface area contributed by atoms with Crippen LogP contribution in [0.25, 0.3) is 0 Å². The van der Waals surface area contributed by atoms with E-state index in [0.717, 1.165) is 24.5 Å². The van der Waals surface area contributed by atoms with E-state index >= 15 is 0 Å². The van der Waals surface area contributed by atoms with Gasteiger partial charge in [0, 0.05) is 26.2 Å². The highest BCUT2D eigenvalue weighted by Crippen LogP contribution is 2.21. The molecule has 2 heterocycles. The van der Waals surface area contributed by atoms with Crippen LogP contribution in [0.3, 0.4) is 0 Å². The van der Waals surface area contributed by atoms with Crippen LogP contribution in [0, 0.1) is 6.92 Å². The van der Waals surface area contributed by atoms with Gasteiger partial charge in [-0.1, -0.05) is 0 Å². The van der Waals surface area contributed by atoms with E-state index in [-0.39, 0.29) is 12.7 Å². The molecule has 1 amide bonds. The lowest BCUT2D eigenvalue weighted by molar-refractivity contribution is 0.0240. The van der Waals surface area contributed by atoms with Crippen LogP contribution in [0.1, 0.15) is 32.2 Å². The summed E-state index contributed by atoms with van der Waals surface area (Å²) in [5.74, 6) is 0. The smallest absolute Gasteiger partial charge is 0.410 e. The minimum absolute atomic E-state index is 0.0481. The van der Waals surface area contributed by atoms with Gasteiger partial charge in [0.05, 0.1) is 23.7 Å². The maximum Gasteiger partial charge on any atom is 0.410 e. The predicted octanol–water partition coefficient (Wildman–Crippen LogP) is 1.94. The molecule has 2 rings (SSSR count). The van der Waals surface area contributed by atoms with Gasteiger partial charge < -0.3 is 19.6 Å². The van der Waals surface area contributed by atoms with Crippen LogP contribution in [0.4, 0.5) is 10.5 Å². The summed E-state index contributed by atoms with van der Waals surface area (Å²) < 4.78 is 5.40. The zero-order chi connectivity index (χ0) is 16.3.